The number of benzene rings is 1. The van der Waals surface area contributed by atoms with Crippen molar-refractivity contribution in [1.29, 1.82) is 0 Å². The molecule has 164 valence electrons. The normalized spacial score (nSPS) is 17.9. The summed E-state index contributed by atoms with van der Waals surface area (Å²) in [7, 11) is 0. The molecule has 30 heavy (non-hydrogen) atoms. The predicted octanol–water partition coefficient (Wildman–Crippen LogP) is 2.18. The number of rotatable bonds is 7. The zero-order valence-electron chi connectivity index (χ0n) is 17.8. The molecule has 8 nitrogen and oxygen atoms in total. The molecule has 2 atom stereocenters. The van der Waals surface area contributed by atoms with Crippen molar-refractivity contribution in [3.8, 4) is 0 Å². The molecule has 1 aliphatic heterocycles. The van der Waals surface area contributed by atoms with E-state index in [2.05, 4.69) is 9.88 Å². The van der Waals surface area contributed by atoms with Crippen LogP contribution in [0.25, 0.3) is 0 Å². The second-order valence-corrected chi connectivity index (χ2v) is 8.48. The SMILES string of the molecule is CC(C)(C)OC(O)N1CCN(c2ccnc(C(O)N(O)Cc3ccccc3)c2)CC1. The monoisotopic (exact) mass is 416 g/mol. The summed E-state index contributed by atoms with van der Waals surface area (Å²) in [5, 5.41) is 32.0. The van der Waals surface area contributed by atoms with E-state index in [9.17, 15) is 15.4 Å². The fourth-order valence-electron chi connectivity index (χ4n) is 3.38. The Morgan fingerprint density at radius 2 is 1.73 bits per heavy atom. The van der Waals surface area contributed by atoms with Gasteiger partial charge in [0, 0.05) is 38.1 Å². The van der Waals surface area contributed by atoms with Gasteiger partial charge in [-0.2, -0.15) is 5.06 Å². The second-order valence-electron chi connectivity index (χ2n) is 8.48. The molecule has 1 aromatic carbocycles. The van der Waals surface area contributed by atoms with Gasteiger partial charge < -0.3 is 25.1 Å². The van der Waals surface area contributed by atoms with Gasteiger partial charge in [0.25, 0.3) is 0 Å². The molecule has 0 saturated carbocycles. The summed E-state index contributed by atoms with van der Waals surface area (Å²) < 4.78 is 5.63. The lowest BCUT2D eigenvalue weighted by atomic mass is 10.2. The Balaban J connectivity index is 1.59. The Hall–Kier alpha value is -2.07. The highest BCUT2D eigenvalue weighted by molar-refractivity contribution is 5.47. The number of pyridine rings is 1. The van der Waals surface area contributed by atoms with Gasteiger partial charge in [0.2, 0.25) is 6.41 Å². The maximum atomic E-state index is 10.5. The van der Waals surface area contributed by atoms with E-state index in [-0.39, 0.29) is 6.54 Å². The number of piperazine rings is 1. The van der Waals surface area contributed by atoms with Gasteiger partial charge in [0.1, 0.15) is 0 Å². The molecule has 0 aliphatic carbocycles. The number of nitrogens with zero attached hydrogens (tertiary/aromatic N) is 4. The maximum Gasteiger partial charge on any atom is 0.216 e. The van der Waals surface area contributed by atoms with Crippen molar-refractivity contribution in [1.82, 2.24) is 14.9 Å². The second kappa shape index (κ2) is 9.82. The van der Waals surface area contributed by atoms with E-state index in [4.69, 9.17) is 4.74 Å². The first kappa shape index (κ1) is 22.6. The molecule has 8 heteroatoms. The van der Waals surface area contributed by atoms with Crippen LogP contribution in [0, 0.1) is 0 Å². The Labute approximate surface area is 177 Å². The summed E-state index contributed by atoms with van der Waals surface area (Å²) in [5.74, 6) is 0. The first-order valence-corrected chi connectivity index (χ1v) is 10.2. The van der Waals surface area contributed by atoms with Gasteiger partial charge in [-0.3, -0.25) is 9.88 Å². The molecule has 3 N–H and O–H groups in total. The molecule has 0 bridgehead atoms. The maximum absolute atomic E-state index is 10.5. The van der Waals surface area contributed by atoms with Crippen molar-refractivity contribution in [2.75, 3.05) is 31.1 Å². The van der Waals surface area contributed by atoms with Crippen LogP contribution in [-0.4, -0.2) is 68.6 Å². The van der Waals surface area contributed by atoms with E-state index in [1.807, 2.05) is 62.1 Å². The van der Waals surface area contributed by atoms with E-state index < -0.39 is 18.2 Å². The average molecular weight is 417 g/mol. The molecule has 1 aliphatic rings. The summed E-state index contributed by atoms with van der Waals surface area (Å²) in [6, 6.07) is 13.1. The fourth-order valence-corrected chi connectivity index (χ4v) is 3.38. The molecule has 1 aromatic heterocycles. The minimum atomic E-state index is -1.23. The van der Waals surface area contributed by atoms with Crippen LogP contribution in [0.15, 0.2) is 48.7 Å². The largest absolute Gasteiger partial charge is 0.371 e. The van der Waals surface area contributed by atoms with Gasteiger partial charge in [-0.1, -0.05) is 30.3 Å². The molecular formula is C22H32N4O4. The number of aromatic nitrogens is 1. The highest BCUT2D eigenvalue weighted by Crippen LogP contribution is 2.23. The predicted molar refractivity (Wildman–Crippen MR) is 114 cm³/mol. The standard InChI is InChI=1S/C22H32N4O4/c1-22(2,3)30-21(28)25-13-11-24(12-14-25)18-9-10-23-19(15-18)20(27)26(29)16-17-7-5-4-6-8-17/h4-10,15,20-21,27-29H,11-14,16H2,1-3H3. The third kappa shape index (κ3) is 6.21. The molecule has 2 unspecified atom stereocenters. The lowest BCUT2D eigenvalue weighted by Gasteiger charge is -2.39. The third-order valence-corrected chi connectivity index (χ3v) is 4.95. The number of aliphatic hydroxyl groups is 2. The van der Waals surface area contributed by atoms with Crippen LogP contribution in [0.1, 0.15) is 38.3 Å². The topological polar surface area (TPSA) is 92.5 Å². The smallest absolute Gasteiger partial charge is 0.216 e. The highest BCUT2D eigenvalue weighted by Gasteiger charge is 2.27. The zero-order valence-corrected chi connectivity index (χ0v) is 17.8. The first-order chi connectivity index (χ1) is 14.2. The van der Waals surface area contributed by atoms with Gasteiger partial charge in [0.05, 0.1) is 17.8 Å². The Morgan fingerprint density at radius 3 is 2.37 bits per heavy atom. The van der Waals surface area contributed by atoms with E-state index in [0.29, 0.717) is 31.9 Å². The van der Waals surface area contributed by atoms with Gasteiger partial charge in [-0.25, -0.2) is 0 Å². The van der Waals surface area contributed by atoms with Crippen LogP contribution >= 0.6 is 0 Å². The van der Waals surface area contributed by atoms with Crippen LogP contribution in [-0.2, 0) is 11.3 Å². The summed E-state index contributed by atoms with van der Waals surface area (Å²) in [4.78, 5) is 8.29. The van der Waals surface area contributed by atoms with Gasteiger partial charge in [0.15, 0.2) is 6.23 Å². The quantitative estimate of drug-likeness (QED) is 0.467. The highest BCUT2D eigenvalue weighted by atomic mass is 16.6. The number of ether oxygens (including phenoxy) is 1. The molecule has 2 heterocycles. The van der Waals surface area contributed by atoms with Crippen LogP contribution in [0.2, 0.25) is 0 Å². The number of hydrogen-bond acceptors (Lipinski definition) is 8. The number of hydrogen-bond donors (Lipinski definition) is 3. The Morgan fingerprint density at radius 1 is 1.07 bits per heavy atom. The average Bonchev–Trinajstić information content (AvgIpc) is 2.73. The van der Waals surface area contributed by atoms with Crippen molar-refractivity contribution in [2.24, 2.45) is 0 Å². The van der Waals surface area contributed by atoms with Crippen molar-refractivity contribution < 1.29 is 20.2 Å². The van der Waals surface area contributed by atoms with Gasteiger partial charge in [-0.15, -0.1) is 0 Å². The fraction of sp³-hybridized carbons (Fsp3) is 0.500. The molecule has 0 radical (unpaired) electrons. The molecule has 1 saturated heterocycles. The number of anilines is 1. The van der Waals surface area contributed by atoms with Crippen LogP contribution < -0.4 is 4.90 Å². The van der Waals surface area contributed by atoms with E-state index in [0.717, 1.165) is 16.3 Å². The van der Waals surface area contributed by atoms with Crippen LogP contribution in [0.5, 0.6) is 0 Å². The molecule has 3 rings (SSSR count). The van der Waals surface area contributed by atoms with Crippen molar-refractivity contribution in [2.45, 2.75) is 45.6 Å². The lowest BCUT2D eigenvalue weighted by molar-refractivity contribution is -0.239. The van der Waals surface area contributed by atoms with Gasteiger partial charge >= 0.3 is 0 Å². The Kier molecular flexibility index (Phi) is 7.41. The Bertz CT molecular complexity index is 791. The lowest BCUT2D eigenvalue weighted by Crippen LogP contribution is -2.52. The molecule has 0 amide bonds. The van der Waals surface area contributed by atoms with E-state index in [1.54, 1.807) is 12.3 Å². The van der Waals surface area contributed by atoms with E-state index in [1.165, 1.54) is 0 Å². The zero-order chi connectivity index (χ0) is 21.7. The van der Waals surface area contributed by atoms with Crippen molar-refractivity contribution in [3.05, 3.63) is 59.9 Å². The summed E-state index contributed by atoms with van der Waals surface area (Å²) in [6.07, 6.45) is -0.523. The molecule has 0 spiro atoms. The third-order valence-electron chi connectivity index (χ3n) is 4.95. The summed E-state index contributed by atoms with van der Waals surface area (Å²) >= 11 is 0. The van der Waals surface area contributed by atoms with Crippen molar-refractivity contribution in [3.63, 3.8) is 0 Å². The van der Waals surface area contributed by atoms with E-state index >= 15 is 0 Å². The van der Waals surface area contributed by atoms with Crippen molar-refractivity contribution >= 4 is 5.69 Å². The number of aliphatic hydroxyl groups excluding tert-OH is 2. The van der Waals surface area contributed by atoms with Crippen LogP contribution in [0.4, 0.5) is 5.69 Å². The molecular weight excluding hydrogens is 384 g/mol. The van der Waals surface area contributed by atoms with Gasteiger partial charge in [-0.05, 0) is 38.5 Å². The molecule has 1 fully saturated rings. The minimum absolute atomic E-state index is 0.193. The molecule has 2 aromatic rings. The summed E-state index contributed by atoms with van der Waals surface area (Å²) in [5.41, 5.74) is 1.77. The summed E-state index contributed by atoms with van der Waals surface area (Å²) in [6.45, 7) is 8.65. The number of hydroxylamine groups is 2. The first-order valence-electron chi connectivity index (χ1n) is 10.2. The minimum Gasteiger partial charge on any atom is -0.371 e. The van der Waals surface area contributed by atoms with Crippen LogP contribution in [0.3, 0.4) is 0 Å².